The molecule has 3 N–H and O–H groups in total. The molecule has 5 heteroatoms. The minimum absolute atomic E-state index is 0.107. The highest BCUT2D eigenvalue weighted by molar-refractivity contribution is 5.67. The van der Waals surface area contributed by atoms with Crippen LogP contribution in [0.5, 0.6) is 0 Å². The molecule has 0 saturated heterocycles. The van der Waals surface area contributed by atoms with E-state index in [1.54, 1.807) is 0 Å². The smallest absolute Gasteiger partial charge is 0.407 e. The number of alkyl carbamates (subject to hydrolysis) is 1. The van der Waals surface area contributed by atoms with Crippen LogP contribution in [0.25, 0.3) is 0 Å². The van der Waals surface area contributed by atoms with E-state index in [0.717, 1.165) is 38.8 Å². The number of ether oxygens (including phenoxy) is 1. The molecule has 20 heavy (non-hydrogen) atoms. The Kier molecular flexibility index (Phi) is 7.30. The zero-order valence-electron chi connectivity index (χ0n) is 13.1. The third-order valence-electron chi connectivity index (χ3n) is 3.39. The summed E-state index contributed by atoms with van der Waals surface area (Å²) in [4.78, 5) is 11.4. The van der Waals surface area contributed by atoms with Gasteiger partial charge in [0.2, 0.25) is 0 Å². The number of nitrogens with one attached hydrogen (secondary N) is 2. The lowest BCUT2D eigenvalue weighted by Gasteiger charge is -2.26. The van der Waals surface area contributed by atoms with E-state index in [4.69, 9.17) is 4.74 Å². The first-order valence-electron chi connectivity index (χ1n) is 7.72. The van der Waals surface area contributed by atoms with Crippen molar-refractivity contribution in [2.75, 3.05) is 19.6 Å². The van der Waals surface area contributed by atoms with E-state index < -0.39 is 5.60 Å². The van der Waals surface area contributed by atoms with Crippen molar-refractivity contribution >= 4 is 6.09 Å². The van der Waals surface area contributed by atoms with Crippen LogP contribution in [-0.4, -0.2) is 42.5 Å². The van der Waals surface area contributed by atoms with Crippen molar-refractivity contribution in [2.45, 2.75) is 64.6 Å². The molecule has 1 rings (SSSR count). The number of rotatable bonds is 6. The molecule has 118 valence electrons. The standard InChI is InChI=1S/C15H30N2O3/c1-15(2,3)20-14(19)17-9-5-8-16-11-12-6-4-7-13(18)10-12/h12-13,16,18H,4-11H2,1-3H3,(H,17,19). The van der Waals surface area contributed by atoms with Crippen molar-refractivity contribution in [3.63, 3.8) is 0 Å². The Bertz CT molecular complexity index is 289. The van der Waals surface area contributed by atoms with E-state index in [-0.39, 0.29) is 12.2 Å². The van der Waals surface area contributed by atoms with Gasteiger partial charge in [0.1, 0.15) is 5.60 Å². The Labute approximate surface area is 122 Å². The molecule has 0 spiro atoms. The van der Waals surface area contributed by atoms with Crippen molar-refractivity contribution in [3.8, 4) is 0 Å². The second kappa shape index (κ2) is 8.47. The largest absolute Gasteiger partial charge is 0.444 e. The van der Waals surface area contributed by atoms with E-state index in [0.29, 0.717) is 12.5 Å². The lowest BCUT2D eigenvalue weighted by Crippen LogP contribution is -2.34. The van der Waals surface area contributed by atoms with Crippen LogP contribution in [0.3, 0.4) is 0 Å². The molecule has 2 unspecified atom stereocenters. The lowest BCUT2D eigenvalue weighted by atomic mass is 9.87. The molecule has 2 atom stereocenters. The molecule has 0 aromatic carbocycles. The highest BCUT2D eigenvalue weighted by atomic mass is 16.6. The number of aliphatic hydroxyl groups excluding tert-OH is 1. The van der Waals surface area contributed by atoms with Crippen molar-refractivity contribution in [2.24, 2.45) is 5.92 Å². The molecule has 1 fully saturated rings. The summed E-state index contributed by atoms with van der Waals surface area (Å²) < 4.78 is 5.15. The van der Waals surface area contributed by atoms with Gasteiger partial charge in [-0.3, -0.25) is 0 Å². The van der Waals surface area contributed by atoms with Crippen LogP contribution < -0.4 is 10.6 Å². The van der Waals surface area contributed by atoms with Gasteiger partial charge in [-0.1, -0.05) is 6.42 Å². The second-order valence-electron chi connectivity index (χ2n) is 6.67. The summed E-state index contributed by atoms with van der Waals surface area (Å²) in [7, 11) is 0. The van der Waals surface area contributed by atoms with Gasteiger partial charge in [-0.25, -0.2) is 4.79 Å². The van der Waals surface area contributed by atoms with Gasteiger partial charge in [0.15, 0.2) is 0 Å². The number of carbonyl (C=O) groups excluding carboxylic acids is 1. The van der Waals surface area contributed by atoms with Gasteiger partial charge in [-0.15, -0.1) is 0 Å². The molecule has 0 aliphatic heterocycles. The number of carbonyl (C=O) groups is 1. The number of hydrogen-bond donors (Lipinski definition) is 3. The maximum atomic E-state index is 11.4. The minimum atomic E-state index is -0.440. The fourth-order valence-electron chi connectivity index (χ4n) is 2.47. The summed E-state index contributed by atoms with van der Waals surface area (Å²) in [5.41, 5.74) is -0.440. The van der Waals surface area contributed by atoms with E-state index in [1.165, 1.54) is 6.42 Å². The molecule has 0 heterocycles. The van der Waals surface area contributed by atoms with Crippen molar-refractivity contribution in [1.29, 1.82) is 0 Å². The van der Waals surface area contributed by atoms with Crippen LogP contribution in [0.15, 0.2) is 0 Å². The van der Waals surface area contributed by atoms with Gasteiger partial charge >= 0.3 is 6.09 Å². The summed E-state index contributed by atoms with van der Waals surface area (Å²) in [6.07, 6.45) is 4.64. The fraction of sp³-hybridized carbons (Fsp3) is 0.933. The van der Waals surface area contributed by atoms with E-state index in [2.05, 4.69) is 10.6 Å². The number of hydrogen-bond acceptors (Lipinski definition) is 4. The molecule has 0 aromatic heterocycles. The van der Waals surface area contributed by atoms with Gasteiger partial charge in [-0.05, 0) is 65.5 Å². The van der Waals surface area contributed by atoms with Crippen LogP contribution in [-0.2, 0) is 4.74 Å². The molecule has 1 amide bonds. The maximum absolute atomic E-state index is 11.4. The average Bonchev–Trinajstić information content (AvgIpc) is 2.31. The monoisotopic (exact) mass is 286 g/mol. The lowest BCUT2D eigenvalue weighted by molar-refractivity contribution is 0.0527. The summed E-state index contributed by atoms with van der Waals surface area (Å²) in [5, 5.41) is 15.7. The predicted molar refractivity (Wildman–Crippen MR) is 79.7 cm³/mol. The molecule has 1 saturated carbocycles. The number of amides is 1. The number of aliphatic hydroxyl groups is 1. The van der Waals surface area contributed by atoms with Crippen LogP contribution in [0, 0.1) is 5.92 Å². The summed E-state index contributed by atoms with van der Waals surface area (Å²) in [5.74, 6) is 0.595. The molecule has 5 nitrogen and oxygen atoms in total. The zero-order valence-corrected chi connectivity index (χ0v) is 13.1. The van der Waals surface area contributed by atoms with Crippen molar-refractivity contribution in [3.05, 3.63) is 0 Å². The Morgan fingerprint density at radius 2 is 2.05 bits per heavy atom. The molecular formula is C15H30N2O3. The molecule has 1 aliphatic carbocycles. The topological polar surface area (TPSA) is 70.6 Å². The van der Waals surface area contributed by atoms with Crippen LogP contribution in [0.1, 0.15) is 52.9 Å². The highest BCUT2D eigenvalue weighted by Crippen LogP contribution is 2.23. The molecule has 1 aliphatic rings. The van der Waals surface area contributed by atoms with Gasteiger partial charge in [0, 0.05) is 6.54 Å². The highest BCUT2D eigenvalue weighted by Gasteiger charge is 2.19. The summed E-state index contributed by atoms with van der Waals surface area (Å²) in [6, 6.07) is 0. The van der Waals surface area contributed by atoms with Gasteiger partial charge in [0.05, 0.1) is 6.10 Å². The van der Waals surface area contributed by atoms with Crippen LogP contribution in [0.4, 0.5) is 4.79 Å². The molecule has 0 aromatic rings. The average molecular weight is 286 g/mol. The van der Waals surface area contributed by atoms with Gasteiger partial charge < -0.3 is 20.5 Å². The van der Waals surface area contributed by atoms with Gasteiger partial charge in [-0.2, -0.15) is 0 Å². The second-order valence-corrected chi connectivity index (χ2v) is 6.67. The quantitative estimate of drug-likeness (QED) is 0.654. The first-order valence-corrected chi connectivity index (χ1v) is 7.72. The maximum Gasteiger partial charge on any atom is 0.407 e. The molecule has 0 bridgehead atoms. The van der Waals surface area contributed by atoms with Crippen LogP contribution >= 0.6 is 0 Å². The molecule has 0 radical (unpaired) electrons. The van der Waals surface area contributed by atoms with E-state index in [9.17, 15) is 9.90 Å². The van der Waals surface area contributed by atoms with Crippen molar-refractivity contribution < 1.29 is 14.6 Å². The van der Waals surface area contributed by atoms with Gasteiger partial charge in [0.25, 0.3) is 0 Å². The summed E-state index contributed by atoms with van der Waals surface area (Å²) >= 11 is 0. The Hall–Kier alpha value is -0.810. The Morgan fingerprint density at radius 3 is 2.70 bits per heavy atom. The minimum Gasteiger partial charge on any atom is -0.444 e. The zero-order chi connectivity index (χ0) is 15.0. The SMILES string of the molecule is CC(C)(C)OC(=O)NCCCNCC1CCCC(O)C1. The first-order chi connectivity index (χ1) is 9.37. The van der Waals surface area contributed by atoms with E-state index >= 15 is 0 Å². The normalized spacial score (nSPS) is 23.4. The fourth-order valence-corrected chi connectivity index (χ4v) is 2.47. The van der Waals surface area contributed by atoms with Crippen molar-refractivity contribution in [1.82, 2.24) is 10.6 Å². The third-order valence-corrected chi connectivity index (χ3v) is 3.39. The predicted octanol–water partition coefficient (Wildman–Crippen LogP) is 2.04. The summed E-state index contributed by atoms with van der Waals surface area (Å²) in [6.45, 7) is 8.02. The van der Waals surface area contributed by atoms with Crippen LogP contribution in [0.2, 0.25) is 0 Å². The van der Waals surface area contributed by atoms with E-state index in [1.807, 2.05) is 20.8 Å². The third kappa shape index (κ3) is 8.38. The Morgan fingerprint density at radius 1 is 1.30 bits per heavy atom. The molecular weight excluding hydrogens is 256 g/mol. The Balaban J connectivity index is 1.96. The first kappa shape index (κ1) is 17.2.